The summed E-state index contributed by atoms with van der Waals surface area (Å²) in [6, 6.07) is 20.6. The van der Waals surface area contributed by atoms with Crippen LogP contribution >= 0.6 is 0 Å². The van der Waals surface area contributed by atoms with Gasteiger partial charge in [0, 0.05) is 23.1 Å². The molecule has 3 rings (SSSR count). The van der Waals surface area contributed by atoms with E-state index in [1.165, 1.54) is 0 Å². The largest absolute Gasteiger partial charge is 0.341 e. The Kier molecular flexibility index (Phi) is 6.13. The average Bonchev–Trinajstić information content (AvgIpc) is 2.74. The molecule has 0 N–H and O–H groups in total. The Morgan fingerprint density at radius 3 is 1.62 bits per heavy atom. The molecule has 1 heterocycles. The van der Waals surface area contributed by atoms with E-state index in [1.54, 1.807) is 0 Å². The van der Waals surface area contributed by atoms with Gasteiger partial charge in [0.1, 0.15) is 0 Å². The topological polar surface area (TPSA) is 21.7 Å². The highest BCUT2D eigenvalue weighted by molar-refractivity contribution is 5.34. The van der Waals surface area contributed by atoms with E-state index in [9.17, 15) is 0 Å². The van der Waals surface area contributed by atoms with Crippen LogP contribution in [0.1, 0.15) is 38.3 Å². The van der Waals surface area contributed by atoms with Gasteiger partial charge in [-0.1, -0.05) is 81.4 Å². The summed E-state index contributed by atoms with van der Waals surface area (Å²) in [5.74, 6) is -0.815. The summed E-state index contributed by atoms with van der Waals surface area (Å²) in [5, 5.41) is 0. The molecule has 1 aliphatic rings. The SMILES string of the molecule is CCN(CC)CC1(CC)COC(c2ccccc2)(c2ccccc2)OC1. The predicted molar refractivity (Wildman–Crippen MR) is 106 cm³/mol. The summed E-state index contributed by atoms with van der Waals surface area (Å²) in [6.45, 7) is 11.2. The van der Waals surface area contributed by atoms with Crippen LogP contribution in [0.5, 0.6) is 0 Å². The van der Waals surface area contributed by atoms with Crippen molar-refractivity contribution in [2.24, 2.45) is 5.41 Å². The average molecular weight is 354 g/mol. The first-order chi connectivity index (χ1) is 12.7. The van der Waals surface area contributed by atoms with Crippen LogP contribution in [-0.4, -0.2) is 37.7 Å². The van der Waals surface area contributed by atoms with Gasteiger partial charge >= 0.3 is 0 Å². The van der Waals surface area contributed by atoms with Crippen LogP contribution in [-0.2, 0) is 15.3 Å². The quantitative estimate of drug-likeness (QED) is 0.722. The molecule has 2 aromatic rings. The van der Waals surface area contributed by atoms with Crippen molar-refractivity contribution >= 4 is 0 Å². The van der Waals surface area contributed by atoms with Crippen molar-refractivity contribution < 1.29 is 9.47 Å². The lowest BCUT2D eigenvalue weighted by Gasteiger charge is -2.48. The van der Waals surface area contributed by atoms with Gasteiger partial charge in [-0.2, -0.15) is 0 Å². The molecule has 1 aliphatic heterocycles. The van der Waals surface area contributed by atoms with Gasteiger partial charge in [0.2, 0.25) is 5.79 Å². The summed E-state index contributed by atoms with van der Waals surface area (Å²) in [7, 11) is 0. The van der Waals surface area contributed by atoms with Crippen LogP contribution in [0.3, 0.4) is 0 Å². The van der Waals surface area contributed by atoms with E-state index in [0.717, 1.165) is 37.2 Å². The van der Waals surface area contributed by atoms with Crippen molar-refractivity contribution in [1.29, 1.82) is 0 Å². The van der Waals surface area contributed by atoms with Crippen molar-refractivity contribution in [2.75, 3.05) is 32.8 Å². The predicted octanol–water partition coefficient (Wildman–Crippen LogP) is 4.67. The Morgan fingerprint density at radius 2 is 1.23 bits per heavy atom. The molecule has 140 valence electrons. The Labute approximate surface area is 157 Å². The molecule has 0 radical (unpaired) electrons. The lowest BCUT2D eigenvalue weighted by molar-refractivity contribution is -0.293. The van der Waals surface area contributed by atoms with Crippen LogP contribution in [0.2, 0.25) is 0 Å². The standard InChI is InChI=1S/C23H31NO2/c1-4-22(17-24(5-2)6-3)18-25-23(26-19-22,20-13-9-7-10-14-20)21-15-11-8-12-16-21/h7-16H,4-6,17-19H2,1-3H3. The maximum absolute atomic E-state index is 6.59. The molecule has 0 spiro atoms. The van der Waals surface area contributed by atoms with Crippen LogP contribution in [0.25, 0.3) is 0 Å². The Balaban J connectivity index is 1.90. The summed E-state index contributed by atoms with van der Waals surface area (Å²) < 4.78 is 13.2. The third-order valence-corrected chi connectivity index (χ3v) is 5.67. The normalized spacial score (nSPS) is 18.8. The van der Waals surface area contributed by atoms with Gasteiger partial charge < -0.3 is 14.4 Å². The fourth-order valence-electron chi connectivity index (χ4n) is 3.74. The van der Waals surface area contributed by atoms with Crippen LogP contribution in [0, 0.1) is 5.41 Å². The number of hydrogen-bond acceptors (Lipinski definition) is 3. The van der Waals surface area contributed by atoms with Gasteiger partial charge in [-0.3, -0.25) is 0 Å². The first-order valence-electron chi connectivity index (χ1n) is 9.79. The maximum Gasteiger partial charge on any atom is 0.222 e. The molecule has 1 saturated heterocycles. The maximum atomic E-state index is 6.59. The lowest BCUT2D eigenvalue weighted by atomic mass is 9.83. The van der Waals surface area contributed by atoms with E-state index in [0.29, 0.717) is 13.2 Å². The Bertz CT molecular complexity index is 618. The second-order valence-electron chi connectivity index (χ2n) is 7.24. The second-order valence-corrected chi connectivity index (χ2v) is 7.24. The molecule has 3 nitrogen and oxygen atoms in total. The molecule has 0 unspecified atom stereocenters. The van der Waals surface area contributed by atoms with Gasteiger partial charge in [-0.25, -0.2) is 0 Å². The fourth-order valence-corrected chi connectivity index (χ4v) is 3.74. The van der Waals surface area contributed by atoms with Crippen LogP contribution < -0.4 is 0 Å². The molecule has 26 heavy (non-hydrogen) atoms. The monoisotopic (exact) mass is 353 g/mol. The highest BCUT2D eigenvalue weighted by Gasteiger charge is 2.46. The third kappa shape index (κ3) is 3.71. The molecule has 0 saturated carbocycles. The molecular formula is C23H31NO2. The molecule has 0 amide bonds. The van der Waals surface area contributed by atoms with Gasteiger partial charge in [-0.15, -0.1) is 0 Å². The fraction of sp³-hybridized carbons (Fsp3) is 0.478. The van der Waals surface area contributed by atoms with Crippen molar-refractivity contribution in [1.82, 2.24) is 4.90 Å². The molecule has 2 aromatic carbocycles. The zero-order valence-corrected chi connectivity index (χ0v) is 16.3. The zero-order chi connectivity index (χ0) is 18.5. The Morgan fingerprint density at radius 1 is 0.769 bits per heavy atom. The first kappa shape index (κ1) is 19.1. The summed E-state index contributed by atoms with van der Waals surface area (Å²) in [5.41, 5.74) is 2.15. The van der Waals surface area contributed by atoms with Gasteiger partial charge in [0.05, 0.1) is 13.2 Å². The van der Waals surface area contributed by atoms with E-state index in [1.807, 2.05) is 36.4 Å². The van der Waals surface area contributed by atoms with E-state index in [-0.39, 0.29) is 5.41 Å². The van der Waals surface area contributed by atoms with Crippen LogP contribution in [0.15, 0.2) is 60.7 Å². The van der Waals surface area contributed by atoms with Crippen molar-refractivity contribution in [2.45, 2.75) is 33.0 Å². The molecule has 3 heteroatoms. The minimum atomic E-state index is -0.815. The number of ether oxygens (including phenoxy) is 2. The lowest BCUT2D eigenvalue weighted by Crippen LogP contribution is -2.52. The molecule has 0 bridgehead atoms. The number of nitrogens with zero attached hydrogens (tertiary/aromatic N) is 1. The van der Waals surface area contributed by atoms with E-state index >= 15 is 0 Å². The summed E-state index contributed by atoms with van der Waals surface area (Å²) >= 11 is 0. The smallest absolute Gasteiger partial charge is 0.222 e. The van der Waals surface area contributed by atoms with Crippen molar-refractivity contribution in [3.63, 3.8) is 0 Å². The number of rotatable bonds is 7. The highest BCUT2D eigenvalue weighted by Crippen LogP contribution is 2.43. The highest BCUT2D eigenvalue weighted by atomic mass is 16.7. The zero-order valence-electron chi connectivity index (χ0n) is 16.3. The molecule has 0 aliphatic carbocycles. The van der Waals surface area contributed by atoms with Crippen molar-refractivity contribution in [3.05, 3.63) is 71.8 Å². The number of hydrogen-bond donors (Lipinski definition) is 0. The van der Waals surface area contributed by atoms with Gasteiger partial charge in [0.25, 0.3) is 0 Å². The summed E-state index contributed by atoms with van der Waals surface area (Å²) in [6.07, 6.45) is 1.04. The first-order valence-corrected chi connectivity index (χ1v) is 9.79. The van der Waals surface area contributed by atoms with E-state index in [4.69, 9.17) is 9.47 Å². The molecule has 0 aromatic heterocycles. The minimum Gasteiger partial charge on any atom is -0.341 e. The second kappa shape index (κ2) is 8.34. The van der Waals surface area contributed by atoms with E-state index < -0.39 is 5.79 Å². The van der Waals surface area contributed by atoms with Gasteiger partial charge in [0.15, 0.2) is 0 Å². The third-order valence-electron chi connectivity index (χ3n) is 5.67. The molecule has 1 fully saturated rings. The van der Waals surface area contributed by atoms with Crippen LogP contribution in [0.4, 0.5) is 0 Å². The van der Waals surface area contributed by atoms with E-state index in [2.05, 4.69) is 49.9 Å². The Hall–Kier alpha value is -1.68. The molecule has 0 atom stereocenters. The summed E-state index contributed by atoms with van der Waals surface area (Å²) in [4.78, 5) is 2.47. The van der Waals surface area contributed by atoms with Gasteiger partial charge in [-0.05, 0) is 19.5 Å². The van der Waals surface area contributed by atoms with Crippen molar-refractivity contribution in [3.8, 4) is 0 Å². The number of benzene rings is 2. The minimum absolute atomic E-state index is 0.0408. The molecular weight excluding hydrogens is 322 g/mol.